The molecule has 158 valence electrons. The normalized spacial score (nSPS) is 10.7. The summed E-state index contributed by atoms with van der Waals surface area (Å²) in [7, 11) is 3.19. The predicted octanol–water partition coefficient (Wildman–Crippen LogP) is 4.68. The second kappa shape index (κ2) is 9.01. The Morgan fingerprint density at radius 2 is 1.87 bits per heavy atom. The van der Waals surface area contributed by atoms with Crippen molar-refractivity contribution < 1.29 is 19.0 Å². The number of hydrogen-bond donors (Lipinski definition) is 0. The molecular weight excluding hydrogens is 414 g/mol. The van der Waals surface area contributed by atoms with Gasteiger partial charge in [-0.25, -0.2) is 14.5 Å². The van der Waals surface area contributed by atoms with Crippen molar-refractivity contribution in [2.75, 3.05) is 14.2 Å². The third kappa shape index (κ3) is 4.15. The molecule has 0 amide bonds. The van der Waals surface area contributed by atoms with Crippen LogP contribution in [0.3, 0.4) is 0 Å². The zero-order valence-corrected chi connectivity index (χ0v) is 18.2. The lowest BCUT2D eigenvalue weighted by Crippen LogP contribution is -2.07. The zero-order valence-electron chi connectivity index (χ0n) is 17.4. The average Bonchev–Trinajstić information content (AvgIpc) is 3.44. The van der Waals surface area contributed by atoms with Gasteiger partial charge in [-0.15, -0.1) is 11.3 Å². The first-order valence-corrected chi connectivity index (χ1v) is 10.4. The third-order valence-electron chi connectivity index (χ3n) is 4.77. The quantitative estimate of drug-likeness (QED) is 0.393. The van der Waals surface area contributed by atoms with Crippen molar-refractivity contribution >= 4 is 17.3 Å². The highest BCUT2D eigenvalue weighted by atomic mass is 32.1. The van der Waals surface area contributed by atoms with Crippen LogP contribution in [0.5, 0.6) is 11.5 Å². The minimum atomic E-state index is -0.437. The lowest BCUT2D eigenvalue weighted by atomic mass is 10.2. The van der Waals surface area contributed by atoms with Gasteiger partial charge in [0.2, 0.25) is 0 Å². The van der Waals surface area contributed by atoms with Crippen molar-refractivity contribution in [3.63, 3.8) is 0 Å². The molecule has 0 aliphatic rings. The summed E-state index contributed by atoms with van der Waals surface area (Å²) < 4.78 is 18.0. The van der Waals surface area contributed by atoms with Gasteiger partial charge in [-0.2, -0.15) is 5.10 Å². The van der Waals surface area contributed by atoms with E-state index in [1.807, 2.05) is 60.8 Å². The van der Waals surface area contributed by atoms with Gasteiger partial charge in [0.25, 0.3) is 0 Å². The molecule has 2 aromatic heterocycles. The van der Waals surface area contributed by atoms with Gasteiger partial charge in [0, 0.05) is 5.38 Å². The van der Waals surface area contributed by atoms with Crippen molar-refractivity contribution in [1.29, 1.82) is 0 Å². The maximum Gasteiger partial charge on any atom is 0.342 e. The van der Waals surface area contributed by atoms with Gasteiger partial charge < -0.3 is 14.2 Å². The largest absolute Gasteiger partial charge is 0.493 e. The number of benzene rings is 2. The average molecular weight is 436 g/mol. The summed E-state index contributed by atoms with van der Waals surface area (Å²) in [5.74, 6) is 0.814. The summed E-state index contributed by atoms with van der Waals surface area (Å²) in [6.07, 6.45) is 1.53. The Labute approximate surface area is 183 Å². The Kier molecular flexibility index (Phi) is 5.99. The number of rotatable bonds is 7. The summed E-state index contributed by atoms with van der Waals surface area (Å²) in [4.78, 5) is 17.2. The molecule has 0 bridgehead atoms. The highest BCUT2D eigenvalue weighted by Gasteiger charge is 2.18. The molecule has 8 heteroatoms. The van der Waals surface area contributed by atoms with Gasteiger partial charge in [-0.1, -0.05) is 24.3 Å². The number of hydrogen-bond acceptors (Lipinski definition) is 7. The van der Waals surface area contributed by atoms with E-state index in [9.17, 15) is 4.79 Å². The molecule has 0 aliphatic heterocycles. The monoisotopic (exact) mass is 435 g/mol. The standard InChI is InChI=1S/C23H21N3O4S/c1-15-19(12-24-26(15)17-8-5-4-6-9-17)23(27)30-13-16-14-31-22(25-16)18-10-7-11-20(28-2)21(18)29-3/h4-12,14H,13H2,1-3H3. The number of para-hydroxylation sites is 2. The smallest absolute Gasteiger partial charge is 0.342 e. The Morgan fingerprint density at radius 1 is 1.06 bits per heavy atom. The highest BCUT2D eigenvalue weighted by molar-refractivity contribution is 7.13. The van der Waals surface area contributed by atoms with E-state index >= 15 is 0 Å². The van der Waals surface area contributed by atoms with Crippen molar-refractivity contribution in [2.45, 2.75) is 13.5 Å². The van der Waals surface area contributed by atoms with E-state index in [0.717, 1.165) is 22.0 Å². The first kappa shape index (κ1) is 20.6. The van der Waals surface area contributed by atoms with Gasteiger partial charge in [-0.3, -0.25) is 0 Å². The molecule has 0 N–H and O–H groups in total. The lowest BCUT2D eigenvalue weighted by Gasteiger charge is -2.10. The van der Waals surface area contributed by atoms with Crippen LogP contribution in [-0.4, -0.2) is 35.0 Å². The van der Waals surface area contributed by atoms with Crippen molar-refractivity contribution in [2.24, 2.45) is 0 Å². The number of carbonyl (C=O) groups excluding carboxylic acids is 1. The number of aromatic nitrogens is 3. The van der Waals surface area contributed by atoms with E-state index in [-0.39, 0.29) is 6.61 Å². The fourth-order valence-corrected chi connectivity index (χ4v) is 4.04. The molecule has 0 unspecified atom stereocenters. The lowest BCUT2D eigenvalue weighted by molar-refractivity contribution is 0.0467. The van der Waals surface area contributed by atoms with Gasteiger partial charge in [0.05, 0.1) is 43.1 Å². The van der Waals surface area contributed by atoms with Crippen molar-refractivity contribution in [3.8, 4) is 27.8 Å². The van der Waals surface area contributed by atoms with Gasteiger partial charge in [0.1, 0.15) is 17.2 Å². The maximum absolute atomic E-state index is 12.6. The van der Waals surface area contributed by atoms with Crippen molar-refractivity contribution in [3.05, 3.63) is 77.1 Å². The summed E-state index contributed by atoms with van der Waals surface area (Å²) in [6, 6.07) is 15.3. The number of carbonyl (C=O) groups is 1. The van der Waals surface area contributed by atoms with Crippen LogP contribution in [0, 0.1) is 6.92 Å². The molecule has 0 fully saturated rings. The molecule has 0 radical (unpaired) electrons. The molecule has 0 spiro atoms. The molecule has 2 heterocycles. The van der Waals surface area contributed by atoms with E-state index in [2.05, 4.69) is 10.1 Å². The Morgan fingerprint density at radius 3 is 2.61 bits per heavy atom. The SMILES string of the molecule is COc1cccc(-c2nc(COC(=O)c3cnn(-c4ccccc4)c3C)cs2)c1OC. The maximum atomic E-state index is 12.6. The van der Waals surface area contributed by atoms with E-state index in [0.29, 0.717) is 22.8 Å². The van der Waals surface area contributed by atoms with Gasteiger partial charge >= 0.3 is 5.97 Å². The van der Waals surface area contributed by atoms with Crippen LogP contribution in [0.1, 0.15) is 21.7 Å². The molecule has 4 aromatic rings. The molecule has 0 saturated carbocycles. The number of methoxy groups -OCH3 is 2. The number of thiazole rings is 1. The fourth-order valence-electron chi connectivity index (χ4n) is 3.21. The highest BCUT2D eigenvalue weighted by Crippen LogP contribution is 2.39. The number of nitrogens with zero attached hydrogens (tertiary/aromatic N) is 3. The topological polar surface area (TPSA) is 75.5 Å². The summed E-state index contributed by atoms with van der Waals surface area (Å²) in [6.45, 7) is 1.91. The van der Waals surface area contributed by atoms with Crippen LogP contribution in [0.25, 0.3) is 16.3 Å². The second-order valence-corrected chi connectivity index (χ2v) is 7.51. The van der Waals surface area contributed by atoms with E-state index in [4.69, 9.17) is 14.2 Å². The summed E-state index contributed by atoms with van der Waals surface area (Å²) >= 11 is 1.45. The summed E-state index contributed by atoms with van der Waals surface area (Å²) in [5, 5.41) is 6.94. The van der Waals surface area contributed by atoms with Gasteiger partial charge in [-0.05, 0) is 31.2 Å². The Hall–Kier alpha value is -3.65. The Balaban J connectivity index is 1.48. The Bertz CT molecular complexity index is 1200. The van der Waals surface area contributed by atoms with Crippen molar-refractivity contribution in [1.82, 2.24) is 14.8 Å². The molecule has 0 aliphatic carbocycles. The zero-order chi connectivity index (χ0) is 21.8. The summed E-state index contributed by atoms with van der Waals surface area (Å²) in [5.41, 5.74) is 3.51. The van der Waals surface area contributed by atoms with Crippen LogP contribution < -0.4 is 9.47 Å². The number of esters is 1. The van der Waals surface area contributed by atoms with Crippen LogP contribution in [0.4, 0.5) is 0 Å². The van der Waals surface area contributed by atoms with Crippen LogP contribution in [0.15, 0.2) is 60.1 Å². The molecule has 0 atom stereocenters. The molecule has 0 saturated heterocycles. The molecular formula is C23H21N3O4S. The van der Waals surface area contributed by atoms with Gasteiger partial charge in [0.15, 0.2) is 11.5 Å². The second-order valence-electron chi connectivity index (χ2n) is 6.65. The van der Waals surface area contributed by atoms with E-state index in [1.54, 1.807) is 18.9 Å². The molecule has 2 aromatic carbocycles. The van der Waals surface area contributed by atoms with Crippen LogP contribution in [0.2, 0.25) is 0 Å². The van der Waals surface area contributed by atoms with E-state index in [1.165, 1.54) is 17.5 Å². The fraction of sp³-hybridized carbons (Fsp3) is 0.174. The van der Waals surface area contributed by atoms with Crippen LogP contribution in [-0.2, 0) is 11.3 Å². The van der Waals surface area contributed by atoms with Crippen LogP contribution >= 0.6 is 11.3 Å². The van der Waals surface area contributed by atoms with E-state index < -0.39 is 5.97 Å². The third-order valence-corrected chi connectivity index (χ3v) is 5.69. The minimum Gasteiger partial charge on any atom is -0.493 e. The first-order chi connectivity index (χ1) is 15.1. The predicted molar refractivity (Wildman–Crippen MR) is 118 cm³/mol. The molecule has 4 rings (SSSR count). The first-order valence-electron chi connectivity index (χ1n) is 9.55. The minimum absolute atomic E-state index is 0.0670. The molecule has 7 nitrogen and oxygen atoms in total. The molecule has 31 heavy (non-hydrogen) atoms. The number of ether oxygens (including phenoxy) is 3.